The minimum atomic E-state index is -3.75. The zero-order valence-electron chi connectivity index (χ0n) is 25.4. The van der Waals surface area contributed by atoms with Gasteiger partial charge in [0.25, 0.3) is 0 Å². The van der Waals surface area contributed by atoms with Crippen LogP contribution in [-0.4, -0.2) is 99.7 Å². The van der Waals surface area contributed by atoms with Crippen LogP contribution in [0.2, 0.25) is 0 Å². The first-order valence-electron chi connectivity index (χ1n) is 14.8. The maximum absolute atomic E-state index is 14.2. The molecule has 0 saturated carbocycles. The van der Waals surface area contributed by atoms with Crippen molar-refractivity contribution in [1.82, 2.24) is 19.4 Å². The van der Waals surface area contributed by atoms with E-state index in [1.54, 1.807) is 19.2 Å². The zero-order valence-corrected chi connectivity index (χ0v) is 26.2. The molecule has 11 heteroatoms. The molecule has 1 aliphatic heterocycles. The number of carbonyl (C=O) groups is 2. The summed E-state index contributed by atoms with van der Waals surface area (Å²) in [5, 5.41) is 3.05. The Morgan fingerprint density at radius 1 is 0.886 bits per heavy atom. The summed E-state index contributed by atoms with van der Waals surface area (Å²) in [5.74, 6) is -0.0937. The topological polar surface area (TPSA) is 108 Å². The Kier molecular flexibility index (Phi) is 12.3. The Morgan fingerprint density at radius 3 is 2.07 bits per heavy atom. The maximum Gasteiger partial charge on any atom is 0.243 e. The van der Waals surface area contributed by atoms with Crippen molar-refractivity contribution in [3.05, 3.63) is 102 Å². The van der Waals surface area contributed by atoms with E-state index in [-0.39, 0.29) is 25.4 Å². The second kappa shape index (κ2) is 16.3. The largest absolute Gasteiger partial charge is 0.497 e. The molecule has 3 aromatic rings. The molecule has 0 bridgehead atoms. The number of nitrogens with zero attached hydrogens (tertiary/aromatic N) is 3. The van der Waals surface area contributed by atoms with Crippen LogP contribution >= 0.6 is 0 Å². The summed E-state index contributed by atoms with van der Waals surface area (Å²) in [5.41, 5.74) is 2.43. The number of hydrogen-bond acceptors (Lipinski definition) is 7. The number of nitrogens with one attached hydrogen (secondary N) is 1. The first kappa shape index (κ1) is 33.1. The van der Waals surface area contributed by atoms with Gasteiger partial charge in [-0.05, 0) is 28.8 Å². The van der Waals surface area contributed by atoms with E-state index in [1.807, 2.05) is 72.8 Å². The molecule has 0 radical (unpaired) electrons. The molecule has 1 saturated heterocycles. The van der Waals surface area contributed by atoms with Gasteiger partial charge in [-0.3, -0.25) is 14.5 Å². The number of morpholine rings is 1. The highest BCUT2D eigenvalue weighted by Crippen LogP contribution is 2.19. The monoisotopic (exact) mass is 622 g/mol. The van der Waals surface area contributed by atoms with E-state index in [9.17, 15) is 18.0 Å². The Labute approximate surface area is 260 Å². The number of benzene rings is 3. The molecule has 236 valence electrons. The predicted molar refractivity (Wildman–Crippen MR) is 169 cm³/mol. The van der Waals surface area contributed by atoms with Gasteiger partial charge in [0, 0.05) is 45.7 Å². The number of rotatable bonds is 15. The normalized spacial score (nSPS) is 14.6. The van der Waals surface area contributed by atoms with Crippen molar-refractivity contribution in [2.45, 2.75) is 25.6 Å². The summed E-state index contributed by atoms with van der Waals surface area (Å²) < 4.78 is 37.6. The molecular weight excluding hydrogens is 580 g/mol. The van der Waals surface area contributed by atoms with E-state index in [1.165, 1.54) is 4.90 Å². The first-order chi connectivity index (χ1) is 21.2. The Hall–Kier alpha value is -3.77. The molecule has 44 heavy (non-hydrogen) atoms. The average molecular weight is 623 g/mol. The molecule has 0 aliphatic carbocycles. The van der Waals surface area contributed by atoms with Crippen LogP contribution in [0.4, 0.5) is 0 Å². The van der Waals surface area contributed by atoms with Crippen LogP contribution in [-0.2, 0) is 43.9 Å². The molecule has 1 fully saturated rings. The van der Waals surface area contributed by atoms with Crippen molar-refractivity contribution in [1.29, 1.82) is 0 Å². The minimum absolute atomic E-state index is 0.0386. The molecule has 4 rings (SSSR count). The van der Waals surface area contributed by atoms with Gasteiger partial charge in [-0.2, -0.15) is 4.31 Å². The van der Waals surface area contributed by atoms with Crippen LogP contribution in [0.15, 0.2) is 84.9 Å². The fourth-order valence-electron chi connectivity index (χ4n) is 5.08. The lowest BCUT2D eigenvalue weighted by Crippen LogP contribution is -2.54. The molecule has 3 aromatic carbocycles. The smallest absolute Gasteiger partial charge is 0.243 e. The molecule has 0 unspecified atom stereocenters. The van der Waals surface area contributed by atoms with Gasteiger partial charge >= 0.3 is 0 Å². The first-order valence-corrected chi connectivity index (χ1v) is 16.6. The van der Waals surface area contributed by atoms with Gasteiger partial charge < -0.3 is 19.7 Å². The lowest BCUT2D eigenvalue weighted by molar-refractivity contribution is -0.141. The second-order valence-electron chi connectivity index (χ2n) is 10.8. The SMILES string of the molecule is COc1ccc(CN(C(=O)CN(Cc2ccccc2)S(C)(=O)=O)[C@H](Cc2ccccc2)C(=O)NCCN2CCOCC2)cc1. The predicted octanol–water partition coefficient (Wildman–Crippen LogP) is 2.55. The standard InChI is InChI=1S/C33H42N4O6S/c1-42-30-15-13-29(14-16-30)25-37(32(38)26-36(44(2,40)41)24-28-11-7-4-8-12-28)31(23-27-9-5-3-6-10-27)33(39)34-17-18-35-19-21-43-22-20-35/h3-16,31H,17-26H2,1-2H3,(H,34,39)/t31-/m1/s1. The van der Waals surface area contributed by atoms with Crippen LogP contribution in [0.1, 0.15) is 16.7 Å². The van der Waals surface area contributed by atoms with Gasteiger partial charge in [0.15, 0.2) is 0 Å². The van der Waals surface area contributed by atoms with Crippen molar-refractivity contribution in [2.75, 3.05) is 59.3 Å². The molecular formula is C33H42N4O6S. The van der Waals surface area contributed by atoms with E-state index in [2.05, 4.69) is 10.2 Å². The molecule has 2 amide bonds. The average Bonchev–Trinajstić information content (AvgIpc) is 3.03. The number of carbonyl (C=O) groups excluding carboxylic acids is 2. The Bertz CT molecular complexity index is 1430. The molecule has 0 aromatic heterocycles. The Balaban J connectivity index is 1.62. The Morgan fingerprint density at radius 2 is 1.48 bits per heavy atom. The summed E-state index contributed by atoms with van der Waals surface area (Å²) >= 11 is 0. The van der Waals surface area contributed by atoms with Gasteiger partial charge in [-0.15, -0.1) is 0 Å². The third-order valence-electron chi connectivity index (χ3n) is 7.60. The van der Waals surface area contributed by atoms with Gasteiger partial charge in [0.05, 0.1) is 33.1 Å². The van der Waals surface area contributed by atoms with Crippen molar-refractivity contribution in [2.24, 2.45) is 0 Å². The minimum Gasteiger partial charge on any atom is -0.497 e. The molecule has 0 spiro atoms. The van der Waals surface area contributed by atoms with Crippen LogP contribution in [0, 0.1) is 0 Å². The van der Waals surface area contributed by atoms with E-state index in [4.69, 9.17) is 9.47 Å². The summed E-state index contributed by atoms with van der Waals surface area (Å²) in [6, 6.07) is 25.0. The highest BCUT2D eigenvalue weighted by Gasteiger charge is 2.33. The fraction of sp³-hybridized carbons (Fsp3) is 0.394. The number of sulfonamides is 1. The number of ether oxygens (including phenoxy) is 2. The molecule has 1 heterocycles. The molecule has 1 atom stereocenters. The lowest BCUT2D eigenvalue weighted by atomic mass is 10.0. The van der Waals surface area contributed by atoms with E-state index in [0.29, 0.717) is 32.1 Å². The third-order valence-corrected chi connectivity index (χ3v) is 8.79. The summed E-state index contributed by atoms with van der Waals surface area (Å²) in [7, 11) is -2.17. The fourth-order valence-corrected chi connectivity index (χ4v) is 5.81. The molecule has 1 N–H and O–H groups in total. The number of methoxy groups -OCH3 is 1. The maximum atomic E-state index is 14.2. The van der Waals surface area contributed by atoms with E-state index in [0.717, 1.165) is 40.3 Å². The van der Waals surface area contributed by atoms with E-state index < -0.39 is 28.5 Å². The van der Waals surface area contributed by atoms with Gasteiger partial charge in [0.2, 0.25) is 21.8 Å². The highest BCUT2D eigenvalue weighted by molar-refractivity contribution is 7.88. The molecule has 1 aliphatic rings. The van der Waals surface area contributed by atoms with Crippen LogP contribution in [0.3, 0.4) is 0 Å². The van der Waals surface area contributed by atoms with Crippen LogP contribution in [0.5, 0.6) is 5.75 Å². The van der Waals surface area contributed by atoms with Crippen molar-refractivity contribution >= 4 is 21.8 Å². The van der Waals surface area contributed by atoms with Crippen LogP contribution in [0.25, 0.3) is 0 Å². The molecule has 10 nitrogen and oxygen atoms in total. The zero-order chi connectivity index (χ0) is 31.4. The van der Waals surface area contributed by atoms with Crippen LogP contribution < -0.4 is 10.1 Å². The lowest BCUT2D eigenvalue weighted by Gasteiger charge is -2.33. The van der Waals surface area contributed by atoms with Gasteiger partial charge in [-0.25, -0.2) is 8.42 Å². The van der Waals surface area contributed by atoms with Gasteiger partial charge in [0.1, 0.15) is 11.8 Å². The summed E-state index contributed by atoms with van der Waals surface area (Å²) in [6.07, 6.45) is 1.36. The third kappa shape index (κ3) is 10.2. The highest BCUT2D eigenvalue weighted by atomic mass is 32.2. The van der Waals surface area contributed by atoms with Gasteiger partial charge in [-0.1, -0.05) is 72.8 Å². The summed E-state index contributed by atoms with van der Waals surface area (Å²) in [6.45, 7) is 3.75. The van der Waals surface area contributed by atoms with Crippen molar-refractivity contribution < 1.29 is 27.5 Å². The summed E-state index contributed by atoms with van der Waals surface area (Å²) in [4.78, 5) is 31.8. The quantitative estimate of drug-likeness (QED) is 0.278. The van der Waals surface area contributed by atoms with Crippen molar-refractivity contribution in [3.8, 4) is 5.75 Å². The number of hydrogen-bond donors (Lipinski definition) is 1. The second-order valence-corrected chi connectivity index (χ2v) is 12.8. The number of amides is 2. The van der Waals surface area contributed by atoms with E-state index >= 15 is 0 Å². The van der Waals surface area contributed by atoms with Crippen molar-refractivity contribution in [3.63, 3.8) is 0 Å².